The molecule has 0 fully saturated rings. The molecule has 2 aromatic carbocycles. The van der Waals surface area contributed by atoms with Gasteiger partial charge in [0.15, 0.2) is 6.61 Å². The van der Waals surface area contributed by atoms with Gasteiger partial charge in [0, 0.05) is 10.4 Å². The van der Waals surface area contributed by atoms with Crippen LogP contribution in [0.3, 0.4) is 0 Å². The number of methoxy groups -OCH3 is 1. The summed E-state index contributed by atoms with van der Waals surface area (Å²) in [6.45, 7) is 1.53. The second kappa shape index (κ2) is 10.4. The zero-order chi connectivity index (χ0) is 21.3. The molecule has 0 aliphatic rings. The first-order valence-electron chi connectivity index (χ1n) is 9.48. The summed E-state index contributed by atoms with van der Waals surface area (Å²) in [7, 11) is 1.58. The SMILES string of the molecule is COc1ccccc1/C=C(/C(=O)OCC(=O)N[C@@H](C)c1cccs1)c1ccccc1. The lowest BCUT2D eigenvalue weighted by Gasteiger charge is -2.13. The van der Waals surface area contributed by atoms with Gasteiger partial charge < -0.3 is 14.8 Å². The van der Waals surface area contributed by atoms with Gasteiger partial charge in [-0.05, 0) is 36.1 Å². The number of thiophene rings is 1. The Kier molecular flexibility index (Phi) is 7.40. The molecule has 0 radical (unpaired) electrons. The molecule has 0 unspecified atom stereocenters. The van der Waals surface area contributed by atoms with E-state index < -0.39 is 5.97 Å². The second-order valence-corrected chi connectivity index (χ2v) is 7.53. The summed E-state index contributed by atoms with van der Waals surface area (Å²) in [5.74, 6) is -0.291. The predicted octanol–water partition coefficient (Wildman–Crippen LogP) is 4.72. The van der Waals surface area contributed by atoms with Crippen LogP contribution in [0.15, 0.2) is 72.1 Å². The minimum atomic E-state index is -0.578. The smallest absolute Gasteiger partial charge is 0.339 e. The van der Waals surface area contributed by atoms with Crippen molar-refractivity contribution >= 4 is 34.9 Å². The van der Waals surface area contributed by atoms with Crippen molar-refractivity contribution in [1.29, 1.82) is 0 Å². The summed E-state index contributed by atoms with van der Waals surface area (Å²) in [4.78, 5) is 26.1. The van der Waals surface area contributed by atoms with Crippen molar-refractivity contribution < 1.29 is 19.1 Å². The molecule has 0 saturated heterocycles. The Morgan fingerprint density at radius 3 is 2.47 bits per heavy atom. The Balaban J connectivity index is 1.74. The fourth-order valence-corrected chi connectivity index (χ4v) is 3.65. The number of hydrogen-bond donors (Lipinski definition) is 1. The molecular weight excluding hydrogens is 398 g/mol. The summed E-state index contributed by atoms with van der Waals surface area (Å²) < 4.78 is 10.7. The van der Waals surface area contributed by atoms with Crippen LogP contribution in [0.5, 0.6) is 5.75 Å². The minimum absolute atomic E-state index is 0.145. The lowest BCUT2D eigenvalue weighted by Crippen LogP contribution is -2.30. The van der Waals surface area contributed by atoms with Crippen molar-refractivity contribution in [2.45, 2.75) is 13.0 Å². The van der Waals surface area contributed by atoms with Crippen LogP contribution in [0, 0.1) is 0 Å². The van der Waals surface area contributed by atoms with E-state index in [0.717, 1.165) is 10.4 Å². The zero-order valence-electron chi connectivity index (χ0n) is 16.8. The van der Waals surface area contributed by atoms with Crippen LogP contribution in [-0.4, -0.2) is 25.6 Å². The Morgan fingerprint density at radius 2 is 1.77 bits per heavy atom. The summed E-state index contributed by atoms with van der Waals surface area (Å²) in [6, 6.07) is 20.3. The fraction of sp³-hybridized carbons (Fsp3) is 0.167. The molecule has 0 aliphatic carbocycles. The molecule has 1 heterocycles. The molecule has 3 rings (SSSR count). The summed E-state index contributed by atoms with van der Waals surface area (Å²) in [5, 5.41) is 4.79. The molecule has 1 N–H and O–H groups in total. The number of para-hydroxylation sites is 1. The molecule has 6 heteroatoms. The molecule has 5 nitrogen and oxygen atoms in total. The van der Waals surface area contributed by atoms with Gasteiger partial charge in [-0.15, -0.1) is 11.3 Å². The first-order chi connectivity index (χ1) is 14.6. The van der Waals surface area contributed by atoms with Crippen LogP contribution < -0.4 is 10.1 Å². The number of carbonyl (C=O) groups is 2. The number of esters is 1. The van der Waals surface area contributed by atoms with E-state index in [4.69, 9.17) is 9.47 Å². The number of amides is 1. The average molecular weight is 422 g/mol. The number of rotatable bonds is 8. The topological polar surface area (TPSA) is 64.6 Å². The monoisotopic (exact) mass is 421 g/mol. The maximum atomic E-state index is 12.9. The van der Waals surface area contributed by atoms with Crippen molar-refractivity contribution in [3.63, 3.8) is 0 Å². The van der Waals surface area contributed by atoms with Gasteiger partial charge >= 0.3 is 5.97 Å². The Hall–Kier alpha value is -3.38. The van der Waals surface area contributed by atoms with E-state index in [1.54, 1.807) is 24.5 Å². The second-order valence-electron chi connectivity index (χ2n) is 6.55. The number of carbonyl (C=O) groups excluding carboxylic acids is 2. The van der Waals surface area contributed by atoms with Crippen LogP contribution >= 0.6 is 11.3 Å². The van der Waals surface area contributed by atoms with Gasteiger partial charge in [-0.2, -0.15) is 0 Å². The summed E-state index contributed by atoms with van der Waals surface area (Å²) in [5.41, 5.74) is 1.78. The Morgan fingerprint density at radius 1 is 1.03 bits per heavy atom. The van der Waals surface area contributed by atoms with Crippen molar-refractivity contribution in [2.75, 3.05) is 13.7 Å². The van der Waals surface area contributed by atoms with E-state index in [2.05, 4.69) is 5.32 Å². The number of hydrogen-bond acceptors (Lipinski definition) is 5. The maximum absolute atomic E-state index is 12.9. The van der Waals surface area contributed by atoms with E-state index in [9.17, 15) is 9.59 Å². The quantitative estimate of drug-likeness (QED) is 0.325. The normalized spacial score (nSPS) is 12.1. The lowest BCUT2D eigenvalue weighted by molar-refractivity contribution is -0.143. The van der Waals surface area contributed by atoms with Crippen molar-refractivity contribution in [3.05, 3.63) is 88.1 Å². The highest BCUT2D eigenvalue weighted by Gasteiger charge is 2.17. The first-order valence-corrected chi connectivity index (χ1v) is 10.4. The molecule has 3 aromatic rings. The third-order valence-electron chi connectivity index (χ3n) is 4.43. The van der Waals surface area contributed by atoms with Gasteiger partial charge in [-0.3, -0.25) is 4.79 Å². The third kappa shape index (κ3) is 5.58. The lowest BCUT2D eigenvalue weighted by atomic mass is 10.0. The molecule has 0 saturated carbocycles. The highest BCUT2D eigenvalue weighted by Crippen LogP contribution is 2.25. The third-order valence-corrected chi connectivity index (χ3v) is 5.48. The molecular formula is C24H23NO4S. The van der Waals surface area contributed by atoms with Crippen LogP contribution in [-0.2, 0) is 14.3 Å². The molecule has 0 spiro atoms. The molecule has 1 atom stereocenters. The highest BCUT2D eigenvalue weighted by atomic mass is 32.1. The van der Waals surface area contributed by atoms with Crippen LogP contribution in [0.4, 0.5) is 0 Å². The zero-order valence-corrected chi connectivity index (χ0v) is 17.6. The fourth-order valence-electron chi connectivity index (χ4n) is 2.92. The van der Waals surface area contributed by atoms with E-state index >= 15 is 0 Å². The molecule has 30 heavy (non-hydrogen) atoms. The van der Waals surface area contributed by atoms with Gasteiger partial charge in [0.1, 0.15) is 5.75 Å². The maximum Gasteiger partial charge on any atom is 0.339 e. The van der Waals surface area contributed by atoms with Crippen molar-refractivity contribution in [1.82, 2.24) is 5.32 Å². The molecule has 154 valence electrons. The van der Waals surface area contributed by atoms with Crippen LogP contribution in [0.1, 0.15) is 29.0 Å². The number of nitrogens with one attached hydrogen (secondary N) is 1. The van der Waals surface area contributed by atoms with E-state index in [-0.39, 0.29) is 18.6 Å². The number of benzene rings is 2. The highest BCUT2D eigenvalue weighted by molar-refractivity contribution is 7.10. The van der Waals surface area contributed by atoms with Gasteiger partial charge in [-0.25, -0.2) is 4.79 Å². The van der Waals surface area contributed by atoms with E-state index in [1.165, 1.54) is 0 Å². The predicted molar refractivity (Wildman–Crippen MR) is 119 cm³/mol. The largest absolute Gasteiger partial charge is 0.496 e. The van der Waals surface area contributed by atoms with Gasteiger partial charge in [0.25, 0.3) is 5.91 Å². The van der Waals surface area contributed by atoms with E-state index in [1.807, 2.05) is 79.0 Å². The number of ether oxygens (including phenoxy) is 2. The Labute approximate surface area is 180 Å². The average Bonchev–Trinajstić information content (AvgIpc) is 3.32. The van der Waals surface area contributed by atoms with E-state index in [0.29, 0.717) is 16.9 Å². The standard InChI is InChI=1S/C24H23NO4S/c1-17(22-13-8-14-30-22)25-23(26)16-29-24(27)20(18-9-4-3-5-10-18)15-19-11-6-7-12-21(19)28-2/h3-15,17H,16H2,1-2H3,(H,25,26)/b20-15+/t17-/m0/s1. The van der Waals surface area contributed by atoms with Gasteiger partial charge in [0.05, 0.1) is 18.7 Å². The molecule has 0 aliphatic heterocycles. The van der Waals surface area contributed by atoms with Gasteiger partial charge in [0.2, 0.25) is 0 Å². The molecule has 0 bridgehead atoms. The summed E-state index contributed by atoms with van der Waals surface area (Å²) in [6.07, 6.45) is 1.71. The Bertz CT molecular complexity index is 1010. The van der Waals surface area contributed by atoms with Crippen molar-refractivity contribution in [3.8, 4) is 5.75 Å². The van der Waals surface area contributed by atoms with Crippen molar-refractivity contribution in [2.24, 2.45) is 0 Å². The van der Waals surface area contributed by atoms with Crippen LogP contribution in [0.25, 0.3) is 11.6 Å². The molecule has 1 amide bonds. The van der Waals surface area contributed by atoms with Crippen LogP contribution in [0.2, 0.25) is 0 Å². The first kappa shape index (κ1) is 21.3. The minimum Gasteiger partial charge on any atom is -0.496 e. The summed E-state index contributed by atoms with van der Waals surface area (Å²) >= 11 is 1.56. The van der Waals surface area contributed by atoms with Gasteiger partial charge in [-0.1, -0.05) is 54.6 Å². The molecule has 1 aromatic heterocycles.